The number of nitrogens with zero attached hydrogens (tertiary/aromatic N) is 3. The number of aliphatic hydroxyl groups is 1. The molecule has 4 heteroatoms. The summed E-state index contributed by atoms with van der Waals surface area (Å²) in [5.74, 6) is 0. The lowest BCUT2D eigenvalue weighted by molar-refractivity contribution is 0.108. The van der Waals surface area contributed by atoms with Crippen molar-refractivity contribution in [3.8, 4) is 0 Å². The van der Waals surface area contributed by atoms with Crippen LogP contribution in [-0.4, -0.2) is 17.3 Å². The van der Waals surface area contributed by atoms with Gasteiger partial charge in [0.1, 0.15) is 0 Å². The van der Waals surface area contributed by atoms with Gasteiger partial charge in [0.25, 0.3) is 0 Å². The van der Waals surface area contributed by atoms with E-state index < -0.39 is 6.10 Å². The smallest absolute Gasteiger partial charge is 0.0633 e. The summed E-state index contributed by atoms with van der Waals surface area (Å²) in [6, 6.07) is -0.168. The van der Waals surface area contributed by atoms with Crippen molar-refractivity contribution in [1.82, 2.24) is 0 Å². The Labute approximate surface area is 59.5 Å². The summed E-state index contributed by atoms with van der Waals surface area (Å²) in [4.78, 5) is 2.67. The zero-order valence-electron chi connectivity index (χ0n) is 5.77. The molecule has 0 aliphatic heterocycles. The van der Waals surface area contributed by atoms with Crippen LogP contribution in [0.15, 0.2) is 5.11 Å². The molecule has 0 aromatic rings. The SMILES string of the molecule is [N-]=[N+]=N[C@H]1CCCC[C@@H]1O. The van der Waals surface area contributed by atoms with Crippen LogP contribution in [0.25, 0.3) is 10.4 Å². The normalized spacial score (nSPS) is 32.9. The number of azide groups is 1. The maximum Gasteiger partial charge on any atom is 0.0633 e. The molecule has 4 nitrogen and oxygen atoms in total. The first-order chi connectivity index (χ1) is 4.84. The third kappa shape index (κ3) is 1.62. The van der Waals surface area contributed by atoms with Crippen molar-refractivity contribution in [3.63, 3.8) is 0 Å². The molecule has 2 atom stereocenters. The summed E-state index contributed by atoms with van der Waals surface area (Å²) < 4.78 is 0. The van der Waals surface area contributed by atoms with E-state index in [0.717, 1.165) is 25.7 Å². The van der Waals surface area contributed by atoms with Crippen molar-refractivity contribution < 1.29 is 5.11 Å². The average molecular weight is 141 g/mol. The highest BCUT2D eigenvalue weighted by Gasteiger charge is 2.20. The van der Waals surface area contributed by atoms with E-state index in [1.54, 1.807) is 0 Å². The number of rotatable bonds is 1. The Kier molecular flexibility index (Phi) is 2.54. The summed E-state index contributed by atoms with van der Waals surface area (Å²) in [5.41, 5.74) is 8.08. The van der Waals surface area contributed by atoms with Gasteiger partial charge in [0.2, 0.25) is 0 Å². The lowest BCUT2D eigenvalue weighted by Crippen LogP contribution is -2.27. The molecule has 1 aliphatic rings. The van der Waals surface area contributed by atoms with Crippen molar-refractivity contribution in [2.24, 2.45) is 5.11 Å². The van der Waals surface area contributed by atoms with Crippen molar-refractivity contribution in [2.45, 2.75) is 37.8 Å². The third-order valence-electron chi connectivity index (χ3n) is 1.89. The predicted octanol–water partition coefficient (Wildman–Crippen LogP) is 1.60. The van der Waals surface area contributed by atoms with Gasteiger partial charge in [0, 0.05) is 4.91 Å². The number of aliphatic hydroxyl groups excluding tert-OH is 1. The highest BCUT2D eigenvalue weighted by molar-refractivity contribution is 4.80. The second-order valence-corrected chi connectivity index (χ2v) is 2.62. The van der Waals surface area contributed by atoms with Gasteiger partial charge in [-0.15, -0.1) is 0 Å². The lowest BCUT2D eigenvalue weighted by Gasteiger charge is -2.22. The number of hydrogen-bond donors (Lipinski definition) is 1. The fourth-order valence-electron chi connectivity index (χ4n) is 1.29. The molecule has 0 spiro atoms. The Hall–Kier alpha value is -0.730. The molecule has 0 heterocycles. The molecule has 0 unspecified atom stereocenters. The van der Waals surface area contributed by atoms with Crippen molar-refractivity contribution in [2.75, 3.05) is 0 Å². The molecule has 0 amide bonds. The largest absolute Gasteiger partial charge is 0.393 e. The average Bonchev–Trinajstić information content (AvgIpc) is 1.94. The van der Waals surface area contributed by atoms with Crippen LogP contribution >= 0.6 is 0 Å². The van der Waals surface area contributed by atoms with Gasteiger partial charge < -0.3 is 5.11 Å². The van der Waals surface area contributed by atoms with Gasteiger partial charge in [-0.25, -0.2) is 0 Å². The Morgan fingerprint density at radius 2 is 2.10 bits per heavy atom. The molecule has 1 N–H and O–H groups in total. The van der Waals surface area contributed by atoms with E-state index in [4.69, 9.17) is 5.53 Å². The van der Waals surface area contributed by atoms with Gasteiger partial charge in [-0.2, -0.15) is 0 Å². The highest BCUT2D eigenvalue weighted by Crippen LogP contribution is 2.20. The van der Waals surface area contributed by atoms with Crippen molar-refractivity contribution in [3.05, 3.63) is 10.4 Å². The Morgan fingerprint density at radius 1 is 1.40 bits per heavy atom. The molecule has 0 aromatic heterocycles. The zero-order chi connectivity index (χ0) is 7.40. The summed E-state index contributed by atoms with van der Waals surface area (Å²) >= 11 is 0. The molecule has 0 bridgehead atoms. The van der Waals surface area contributed by atoms with E-state index in [-0.39, 0.29) is 6.04 Å². The summed E-state index contributed by atoms with van der Waals surface area (Å²) in [6.07, 6.45) is 3.35. The van der Waals surface area contributed by atoms with Crippen LogP contribution in [0.2, 0.25) is 0 Å². The zero-order valence-corrected chi connectivity index (χ0v) is 5.77. The molecule has 10 heavy (non-hydrogen) atoms. The van der Waals surface area contributed by atoms with Crippen LogP contribution in [0.4, 0.5) is 0 Å². The van der Waals surface area contributed by atoms with E-state index >= 15 is 0 Å². The highest BCUT2D eigenvalue weighted by atomic mass is 16.3. The molecule has 0 aromatic carbocycles. The molecule has 0 saturated heterocycles. The van der Waals surface area contributed by atoms with E-state index in [0.29, 0.717) is 0 Å². The standard InChI is InChI=1S/C6H11N3O/c7-9-8-5-3-1-2-4-6(5)10/h5-6,10H,1-4H2/t5-,6-/m0/s1. The monoisotopic (exact) mass is 141 g/mol. The summed E-state index contributed by atoms with van der Waals surface area (Å²) in [6.45, 7) is 0. The first kappa shape index (κ1) is 7.38. The van der Waals surface area contributed by atoms with Crippen LogP contribution in [0, 0.1) is 0 Å². The number of hydrogen-bond acceptors (Lipinski definition) is 2. The molecule has 1 saturated carbocycles. The fourth-order valence-corrected chi connectivity index (χ4v) is 1.29. The molecule has 0 radical (unpaired) electrons. The minimum Gasteiger partial charge on any atom is -0.393 e. The van der Waals surface area contributed by atoms with Crippen molar-refractivity contribution in [1.29, 1.82) is 0 Å². The van der Waals surface area contributed by atoms with Gasteiger partial charge in [-0.3, -0.25) is 0 Å². The molecule has 56 valence electrons. The molecular formula is C6H11N3O. The van der Waals surface area contributed by atoms with E-state index in [9.17, 15) is 5.11 Å². The first-order valence-electron chi connectivity index (χ1n) is 3.57. The van der Waals surface area contributed by atoms with Gasteiger partial charge in [0.15, 0.2) is 0 Å². The van der Waals surface area contributed by atoms with Crippen LogP contribution in [-0.2, 0) is 0 Å². The Balaban J connectivity index is 2.47. The quantitative estimate of drug-likeness (QED) is 0.336. The second-order valence-electron chi connectivity index (χ2n) is 2.62. The Morgan fingerprint density at radius 3 is 2.70 bits per heavy atom. The topological polar surface area (TPSA) is 69.0 Å². The van der Waals surface area contributed by atoms with E-state index in [1.165, 1.54) is 0 Å². The molecule has 1 rings (SSSR count). The van der Waals surface area contributed by atoms with E-state index in [2.05, 4.69) is 10.0 Å². The first-order valence-corrected chi connectivity index (χ1v) is 3.57. The van der Waals surface area contributed by atoms with Gasteiger partial charge >= 0.3 is 0 Å². The van der Waals surface area contributed by atoms with E-state index in [1.807, 2.05) is 0 Å². The van der Waals surface area contributed by atoms with Crippen LogP contribution in [0.5, 0.6) is 0 Å². The lowest BCUT2D eigenvalue weighted by atomic mass is 9.93. The second kappa shape index (κ2) is 3.44. The molecule has 1 aliphatic carbocycles. The van der Waals surface area contributed by atoms with Gasteiger partial charge in [0.05, 0.1) is 12.1 Å². The molecular weight excluding hydrogens is 130 g/mol. The van der Waals surface area contributed by atoms with Crippen LogP contribution < -0.4 is 0 Å². The van der Waals surface area contributed by atoms with Crippen LogP contribution in [0.3, 0.4) is 0 Å². The maximum absolute atomic E-state index is 9.24. The van der Waals surface area contributed by atoms with Gasteiger partial charge in [-0.1, -0.05) is 18.0 Å². The third-order valence-corrected chi connectivity index (χ3v) is 1.89. The Bertz CT molecular complexity index is 153. The summed E-state index contributed by atoms with van der Waals surface area (Å²) in [7, 11) is 0. The van der Waals surface area contributed by atoms with Crippen LogP contribution in [0.1, 0.15) is 25.7 Å². The minimum atomic E-state index is -0.398. The predicted molar refractivity (Wildman–Crippen MR) is 37.4 cm³/mol. The van der Waals surface area contributed by atoms with Gasteiger partial charge in [-0.05, 0) is 18.4 Å². The summed E-state index contributed by atoms with van der Waals surface area (Å²) in [5, 5.41) is 12.7. The van der Waals surface area contributed by atoms with Crippen molar-refractivity contribution >= 4 is 0 Å². The fraction of sp³-hybridized carbons (Fsp3) is 1.00. The maximum atomic E-state index is 9.24. The molecule has 1 fully saturated rings. The minimum absolute atomic E-state index is 0.168.